The van der Waals surface area contributed by atoms with E-state index in [4.69, 9.17) is 14.2 Å². The van der Waals surface area contributed by atoms with Gasteiger partial charge in [-0.2, -0.15) is 0 Å². The van der Waals surface area contributed by atoms with Gasteiger partial charge in [-0.15, -0.1) is 0 Å². The summed E-state index contributed by atoms with van der Waals surface area (Å²) in [5, 5.41) is 12.6. The van der Waals surface area contributed by atoms with Crippen LogP contribution in [0.1, 0.15) is 167 Å². The topological polar surface area (TPSA) is 27.7 Å². The molecule has 0 saturated carbocycles. The molecule has 0 N–H and O–H groups in total. The minimum Gasteiger partial charge on any atom is -0.488 e. The fraction of sp³-hybridized carbons (Fsp3) is 0.273. The molecule has 0 aromatic heterocycles. The summed E-state index contributed by atoms with van der Waals surface area (Å²) < 4.78 is 19.9. The molecule has 6 unspecified atom stereocenters. The van der Waals surface area contributed by atoms with Gasteiger partial charge in [0.05, 0.1) is 0 Å². The molecule has 0 radical (unpaired) electrons. The van der Waals surface area contributed by atoms with Crippen molar-refractivity contribution in [2.24, 2.45) is 0 Å². The first-order valence-corrected chi connectivity index (χ1v) is 44.7. The second kappa shape index (κ2) is 39.0. The Bertz CT molecular complexity index is 4750. The third-order valence-electron chi connectivity index (χ3n) is 19.2. The van der Waals surface area contributed by atoms with Crippen LogP contribution in [0.15, 0.2) is 273 Å². The lowest BCUT2D eigenvalue weighted by molar-refractivity contribution is 0.300. The molecule has 6 atom stereocenters. The number of benzene rings is 12. The van der Waals surface area contributed by atoms with Crippen molar-refractivity contribution in [1.29, 1.82) is 0 Å². The molecule has 3 nitrogen and oxygen atoms in total. The van der Waals surface area contributed by atoms with E-state index in [0.717, 1.165) is 61.5 Å². The Hall–Kier alpha value is -7.38. The average Bonchev–Trinajstić information content (AvgIpc) is 0.778. The van der Waals surface area contributed by atoms with Crippen LogP contribution in [-0.4, -0.2) is 0 Å². The van der Waals surface area contributed by atoms with E-state index in [2.05, 4.69) is 391 Å². The monoisotopic (exact) mass is 1540 g/mol. The van der Waals surface area contributed by atoms with E-state index in [9.17, 15) is 0 Å². The summed E-state index contributed by atoms with van der Waals surface area (Å²) in [6.07, 6.45) is 3.22. The number of hydrogen-bond acceptors (Lipinski definition) is 3. The molecule has 0 aliphatic carbocycles. The first-order valence-electron chi connectivity index (χ1n) is 38.1. The zero-order valence-corrected chi connectivity index (χ0v) is 72.9. The summed E-state index contributed by atoms with van der Waals surface area (Å²) in [5.74, 6) is 3.16. The first kappa shape index (κ1) is 83.1. The van der Waals surface area contributed by atoms with E-state index in [1.165, 1.54) is 131 Å². The highest BCUT2D eigenvalue weighted by Crippen LogP contribution is 2.41. The summed E-state index contributed by atoms with van der Waals surface area (Å²) in [7, 11) is 3.97. The summed E-state index contributed by atoms with van der Waals surface area (Å²) in [6, 6.07) is 98.5. The highest BCUT2D eigenvalue weighted by molar-refractivity contribution is 7.57. The lowest BCUT2D eigenvalue weighted by atomic mass is 9.80. The molecular formula is C99H114O3P6. The van der Waals surface area contributed by atoms with Gasteiger partial charge in [0.1, 0.15) is 37.1 Å². The van der Waals surface area contributed by atoms with Crippen molar-refractivity contribution in [2.45, 2.75) is 178 Å². The Morgan fingerprint density at radius 1 is 0.259 bits per heavy atom. The molecule has 0 fully saturated rings. The van der Waals surface area contributed by atoms with Gasteiger partial charge in [0.25, 0.3) is 0 Å². The maximum Gasteiger partial charge on any atom is 0.131 e. The van der Waals surface area contributed by atoms with Gasteiger partial charge in [-0.25, -0.2) is 0 Å². The molecule has 12 rings (SSSR count). The normalized spacial score (nSPS) is 12.3. The van der Waals surface area contributed by atoms with Crippen molar-refractivity contribution in [1.82, 2.24) is 0 Å². The smallest absolute Gasteiger partial charge is 0.131 e. The van der Waals surface area contributed by atoms with Crippen LogP contribution in [0, 0.1) is 34.6 Å². The van der Waals surface area contributed by atoms with Crippen LogP contribution >= 0.6 is 51.5 Å². The Balaban J connectivity index is 0.000000173. The molecule has 0 heterocycles. The van der Waals surface area contributed by atoms with Crippen molar-refractivity contribution in [3.8, 4) is 17.2 Å². The van der Waals surface area contributed by atoms with Crippen LogP contribution in [0.4, 0.5) is 0 Å². The summed E-state index contributed by atoms with van der Waals surface area (Å²) in [5.41, 5.74) is 20.0. The third kappa shape index (κ3) is 24.3. The van der Waals surface area contributed by atoms with Crippen LogP contribution in [0.5, 0.6) is 17.2 Å². The Morgan fingerprint density at radius 2 is 0.546 bits per heavy atom. The van der Waals surface area contributed by atoms with E-state index in [1.54, 1.807) is 0 Å². The van der Waals surface area contributed by atoms with Gasteiger partial charge in [-0.1, -0.05) is 389 Å². The number of rotatable bonds is 24. The Labute approximate surface area is 660 Å². The molecule has 0 spiro atoms. The average molecular weight is 1540 g/mol. The molecule has 0 aliphatic rings. The zero-order valence-electron chi connectivity index (χ0n) is 66.9. The SMILES string of the molecule is Cc1cc(C(C)(C)C)cc(Pc2c(C)cccc2CPc2ccccc2)c1OCc1ccccc1.Cc1cc(Pc2c(C)cccc2CPc2ccccc2)c(OCc2ccccc2)c(C(C)(C)C)c1.Cc1cccc(CPc2ccccc2)c1Pc1cc(C(C)(C)C)cc(C(C)(C)C)c1OCc1ccccc1. The molecule has 0 bridgehead atoms. The Morgan fingerprint density at radius 3 is 0.870 bits per heavy atom. The first-order chi connectivity index (χ1) is 51.6. The molecule has 558 valence electrons. The van der Waals surface area contributed by atoms with Crippen LogP contribution in [0.3, 0.4) is 0 Å². The minimum absolute atomic E-state index is 0.000522. The second-order valence-corrected chi connectivity index (χ2v) is 40.2. The quantitative estimate of drug-likeness (QED) is 0.0564. The fourth-order valence-electron chi connectivity index (χ4n) is 13.0. The number of ether oxygens (including phenoxy) is 3. The van der Waals surface area contributed by atoms with Crippen molar-refractivity contribution in [3.05, 3.63) is 356 Å². The van der Waals surface area contributed by atoms with Crippen LogP contribution in [0.2, 0.25) is 0 Å². The van der Waals surface area contributed by atoms with Gasteiger partial charge < -0.3 is 14.2 Å². The highest BCUT2D eigenvalue weighted by Gasteiger charge is 2.29. The van der Waals surface area contributed by atoms with Gasteiger partial charge in [-0.05, 0) is 197 Å². The van der Waals surface area contributed by atoms with Crippen LogP contribution < -0.4 is 62.0 Å². The summed E-state index contributed by atoms with van der Waals surface area (Å²) in [4.78, 5) is 0. The van der Waals surface area contributed by atoms with Crippen molar-refractivity contribution < 1.29 is 14.2 Å². The van der Waals surface area contributed by atoms with Gasteiger partial charge in [0.15, 0.2) is 0 Å². The molecule has 0 saturated heterocycles. The van der Waals surface area contributed by atoms with Gasteiger partial charge in [0.2, 0.25) is 0 Å². The lowest BCUT2D eigenvalue weighted by Gasteiger charge is -2.30. The minimum atomic E-state index is -0.0320. The largest absolute Gasteiger partial charge is 0.488 e. The second-order valence-electron chi connectivity index (χ2n) is 32.4. The van der Waals surface area contributed by atoms with Gasteiger partial charge >= 0.3 is 0 Å². The fourth-order valence-corrected chi connectivity index (χ4v) is 21.3. The van der Waals surface area contributed by atoms with E-state index in [-0.39, 0.29) is 21.7 Å². The Kier molecular flexibility index (Phi) is 30.0. The van der Waals surface area contributed by atoms with E-state index in [1.807, 2.05) is 0 Å². The molecule has 12 aromatic carbocycles. The van der Waals surface area contributed by atoms with Crippen LogP contribution in [0.25, 0.3) is 0 Å². The maximum atomic E-state index is 6.74. The predicted octanol–water partition coefficient (Wildman–Crippen LogP) is 22.9. The van der Waals surface area contributed by atoms with Crippen LogP contribution in [-0.2, 0) is 60.0 Å². The third-order valence-corrected chi connectivity index (χ3v) is 28.0. The predicted molar refractivity (Wildman–Crippen MR) is 486 cm³/mol. The van der Waals surface area contributed by atoms with Gasteiger partial charge in [-0.3, -0.25) is 0 Å². The lowest BCUT2D eigenvalue weighted by Crippen LogP contribution is -2.24. The number of hydrogen-bond donors (Lipinski definition) is 0. The van der Waals surface area contributed by atoms with Crippen molar-refractivity contribution in [2.75, 3.05) is 0 Å². The van der Waals surface area contributed by atoms with Gasteiger partial charge in [0, 0.05) is 27.0 Å². The molecule has 108 heavy (non-hydrogen) atoms. The highest BCUT2D eigenvalue weighted by atomic mass is 31.1. The zero-order chi connectivity index (χ0) is 77.0. The number of aryl methyl sites for hydroxylation is 5. The summed E-state index contributed by atoms with van der Waals surface area (Å²) >= 11 is 0. The van der Waals surface area contributed by atoms with E-state index in [0.29, 0.717) is 45.6 Å². The molecule has 0 aliphatic heterocycles. The van der Waals surface area contributed by atoms with Crippen molar-refractivity contribution in [3.63, 3.8) is 0 Å². The standard InChI is InChI=1S/C35H42OP2.2C32H36OP2/c1-25-15-14-18-27(24-37-29-19-12-9-13-20-29)33(25)38-31-22-28(34(2,3)4)21-30(35(5,6)7)32(31)36-23-26-16-10-8-11-17-26;1-23-19-28(32(3,4)5)30(33-21-25-14-8-6-9-15-25)29(20-23)35-31-24(2)13-12-16-26(31)22-34-27-17-10-7-11-18-27;1-23-13-12-16-26(22-34-28-17-10-7-11-18-28)31(23)35-29-20-27(32(3,4)5)19-24(2)30(29)33-21-25-14-8-6-9-15-25/h8-22,37-38H,23-24H2,1-7H3;2*6-20,34-35H,21-22H2,1-5H3. The van der Waals surface area contributed by atoms with E-state index >= 15 is 0 Å². The molecular weight excluding hydrogens is 1420 g/mol. The van der Waals surface area contributed by atoms with Crippen molar-refractivity contribution >= 4 is 99.2 Å². The molecule has 0 amide bonds. The summed E-state index contributed by atoms with van der Waals surface area (Å²) in [6.45, 7) is 40.5. The molecule has 12 aromatic rings. The molecule has 9 heteroatoms. The van der Waals surface area contributed by atoms with E-state index < -0.39 is 0 Å². The maximum absolute atomic E-state index is 6.74.